The molecule has 0 spiro atoms. The predicted octanol–water partition coefficient (Wildman–Crippen LogP) is 8.24. The van der Waals surface area contributed by atoms with Gasteiger partial charge in [-0.15, -0.1) is 0 Å². The van der Waals surface area contributed by atoms with Crippen molar-refractivity contribution in [3.63, 3.8) is 0 Å². The van der Waals surface area contributed by atoms with Crippen molar-refractivity contribution in [1.29, 1.82) is 0 Å². The van der Waals surface area contributed by atoms with Gasteiger partial charge in [0, 0.05) is 0 Å². The van der Waals surface area contributed by atoms with Crippen molar-refractivity contribution < 1.29 is 21.7 Å². The fourth-order valence-electron chi connectivity index (χ4n) is 3.58. The van der Waals surface area contributed by atoms with Crippen molar-refractivity contribution in [2.75, 3.05) is 0 Å². The third-order valence-corrected chi connectivity index (χ3v) is 5.16. The first-order valence-electron chi connectivity index (χ1n) is 8.21. The summed E-state index contributed by atoms with van der Waals surface area (Å²) in [6.07, 6.45) is 11.8. The Kier molecular flexibility index (Phi) is 22.8. The Hall–Kier alpha value is 0.714. The van der Waals surface area contributed by atoms with Gasteiger partial charge in [-0.25, -0.2) is 0 Å². The molecule has 0 aromatic carbocycles. The minimum Gasteiger partial charge on any atom is -0.358 e. The van der Waals surface area contributed by atoms with E-state index in [-0.39, 0.29) is 51.4 Å². The fourth-order valence-corrected chi connectivity index (χ4v) is 3.58. The maximum Gasteiger partial charge on any atom is 4.00 e. The van der Waals surface area contributed by atoms with E-state index in [1.807, 2.05) is 0 Å². The summed E-state index contributed by atoms with van der Waals surface area (Å²) in [4.78, 5) is 0. The Bertz CT molecular complexity index is 193. The van der Waals surface area contributed by atoms with Crippen LogP contribution in [0.1, 0.15) is 92.9 Å². The van der Waals surface area contributed by atoms with Crippen molar-refractivity contribution in [1.82, 2.24) is 0 Å². The maximum absolute atomic E-state index is 2.36. The summed E-state index contributed by atoms with van der Waals surface area (Å²) in [5.41, 5.74) is 1.16. The van der Waals surface area contributed by atoms with Crippen LogP contribution in [-0.4, -0.2) is 0 Å². The van der Waals surface area contributed by atoms with Crippen LogP contribution in [0.4, 0.5) is 0 Å². The fraction of sp³-hybridized carbons (Fsp3) is 0.818. The normalized spacial score (nSPS) is 18.0. The van der Waals surface area contributed by atoms with E-state index in [4.69, 9.17) is 0 Å². The van der Waals surface area contributed by atoms with Gasteiger partial charge < -0.3 is 29.7 Å². The SMILES string of the molecule is CC(C)(C)C1CCCC1.CC(C)(C)C1CCCC1.[CH3-].[CH3-].[CH3-].[CH3-].[Ti+4]. The molecule has 0 unspecified atom stereocenters. The standard InChI is InChI=1S/2C9H18.4CH3.Ti/c2*1-9(2,3)8-6-4-5-7-8;;;;;/h2*8H,4-7H2,1-3H3;4*1H3;/q;;4*-1;+4. The summed E-state index contributed by atoms with van der Waals surface area (Å²) in [7, 11) is 0. The summed E-state index contributed by atoms with van der Waals surface area (Å²) in [6.45, 7) is 14.2. The van der Waals surface area contributed by atoms with E-state index in [2.05, 4.69) is 41.5 Å². The predicted molar refractivity (Wildman–Crippen MR) is 108 cm³/mol. The van der Waals surface area contributed by atoms with Crippen LogP contribution in [0.15, 0.2) is 0 Å². The van der Waals surface area contributed by atoms with Crippen LogP contribution in [0.2, 0.25) is 0 Å². The Labute approximate surface area is 166 Å². The van der Waals surface area contributed by atoms with Crippen LogP contribution >= 0.6 is 0 Å². The first kappa shape index (κ1) is 34.9. The summed E-state index contributed by atoms with van der Waals surface area (Å²) in [5, 5.41) is 0. The molecule has 2 aliphatic carbocycles. The van der Waals surface area contributed by atoms with E-state index in [1.165, 1.54) is 51.4 Å². The van der Waals surface area contributed by atoms with Gasteiger partial charge in [0.25, 0.3) is 0 Å². The first-order chi connectivity index (χ1) is 8.21. The molecular weight excluding hydrogens is 312 g/mol. The Balaban J connectivity index is -0.0000000771. The second kappa shape index (κ2) is 15.0. The summed E-state index contributed by atoms with van der Waals surface area (Å²) < 4.78 is 0. The molecule has 0 nitrogen and oxygen atoms in total. The summed E-state index contributed by atoms with van der Waals surface area (Å²) >= 11 is 0. The molecule has 23 heavy (non-hydrogen) atoms. The number of hydrogen-bond acceptors (Lipinski definition) is 0. The molecule has 0 heterocycles. The minimum atomic E-state index is 0. The van der Waals surface area contributed by atoms with Gasteiger partial charge in [0.05, 0.1) is 0 Å². The molecule has 2 rings (SSSR count). The molecule has 140 valence electrons. The van der Waals surface area contributed by atoms with Crippen LogP contribution in [0, 0.1) is 52.4 Å². The topological polar surface area (TPSA) is 0 Å². The van der Waals surface area contributed by atoms with Gasteiger partial charge in [-0.2, -0.15) is 0 Å². The molecule has 2 fully saturated rings. The zero-order valence-corrected chi connectivity index (χ0v) is 19.9. The molecule has 1 heteroatoms. The van der Waals surface area contributed by atoms with Gasteiger partial charge in [-0.1, -0.05) is 67.2 Å². The molecule has 0 bridgehead atoms. The maximum atomic E-state index is 2.36. The van der Waals surface area contributed by atoms with Crippen molar-refractivity contribution in [3.05, 3.63) is 29.7 Å². The van der Waals surface area contributed by atoms with Gasteiger partial charge in [-0.05, 0) is 48.3 Å². The van der Waals surface area contributed by atoms with Crippen molar-refractivity contribution in [3.8, 4) is 0 Å². The first-order valence-corrected chi connectivity index (χ1v) is 8.21. The number of rotatable bonds is 0. The second-order valence-electron chi connectivity index (χ2n) is 8.69. The van der Waals surface area contributed by atoms with E-state index in [0.717, 1.165) is 11.8 Å². The zero-order chi connectivity index (χ0) is 13.8. The molecule has 0 N–H and O–H groups in total. The molecule has 0 aromatic rings. The number of hydrogen-bond donors (Lipinski definition) is 0. The molecule has 0 radical (unpaired) electrons. The molecule has 0 aromatic heterocycles. The van der Waals surface area contributed by atoms with Gasteiger partial charge in [0.2, 0.25) is 0 Å². The quantitative estimate of drug-likeness (QED) is 0.301. The van der Waals surface area contributed by atoms with Gasteiger partial charge in [-0.3, -0.25) is 0 Å². The van der Waals surface area contributed by atoms with Crippen molar-refractivity contribution in [2.24, 2.45) is 22.7 Å². The van der Waals surface area contributed by atoms with E-state index >= 15 is 0 Å². The third kappa shape index (κ3) is 13.7. The van der Waals surface area contributed by atoms with Crippen LogP contribution in [-0.2, 0) is 21.7 Å². The van der Waals surface area contributed by atoms with Crippen molar-refractivity contribution in [2.45, 2.75) is 92.9 Å². The molecule has 2 aliphatic rings. The van der Waals surface area contributed by atoms with Gasteiger partial charge >= 0.3 is 21.7 Å². The van der Waals surface area contributed by atoms with E-state index < -0.39 is 0 Å². The molecule has 0 aliphatic heterocycles. The van der Waals surface area contributed by atoms with Crippen LogP contribution < -0.4 is 0 Å². The van der Waals surface area contributed by atoms with Gasteiger partial charge in [0.15, 0.2) is 0 Å². The van der Waals surface area contributed by atoms with Crippen molar-refractivity contribution >= 4 is 0 Å². The van der Waals surface area contributed by atoms with Crippen LogP contribution in [0.5, 0.6) is 0 Å². The Morgan fingerprint density at radius 1 is 0.478 bits per heavy atom. The largest absolute Gasteiger partial charge is 4.00 e. The van der Waals surface area contributed by atoms with Crippen LogP contribution in [0.25, 0.3) is 0 Å². The van der Waals surface area contributed by atoms with Gasteiger partial charge in [0.1, 0.15) is 0 Å². The van der Waals surface area contributed by atoms with E-state index in [9.17, 15) is 0 Å². The molecule has 0 saturated heterocycles. The molecular formula is C22H48Ti. The average molecular weight is 360 g/mol. The monoisotopic (exact) mass is 360 g/mol. The van der Waals surface area contributed by atoms with E-state index in [0.29, 0.717) is 10.8 Å². The minimum absolute atomic E-state index is 0. The Morgan fingerprint density at radius 3 is 0.739 bits per heavy atom. The molecule has 0 atom stereocenters. The van der Waals surface area contributed by atoms with Crippen LogP contribution in [0.3, 0.4) is 0 Å². The van der Waals surface area contributed by atoms with E-state index in [1.54, 1.807) is 0 Å². The zero-order valence-electron chi connectivity index (χ0n) is 18.3. The average Bonchev–Trinajstić information content (AvgIpc) is 2.91. The second-order valence-corrected chi connectivity index (χ2v) is 8.69. The summed E-state index contributed by atoms with van der Waals surface area (Å²) in [5.74, 6) is 2.02. The molecule has 0 amide bonds. The summed E-state index contributed by atoms with van der Waals surface area (Å²) in [6, 6.07) is 0. The molecule has 2 saturated carbocycles. The smallest absolute Gasteiger partial charge is 0.358 e. The Morgan fingerprint density at radius 2 is 0.652 bits per heavy atom. The third-order valence-electron chi connectivity index (χ3n) is 5.16.